The van der Waals surface area contributed by atoms with Crippen LogP contribution in [-0.4, -0.2) is 23.5 Å². The van der Waals surface area contributed by atoms with Crippen LogP contribution < -0.4 is 10.6 Å². The van der Waals surface area contributed by atoms with Crippen molar-refractivity contribution in [2.45, 2.75) is 64.5 Å². The van der Waals surface area contributed by atoms with Crippen molar-refractivity contribution in [1.29, 1.82) is 0 Å². The third kappa shape index (κ3) is 4.56. The first kappa shape index (κ1) is 15.4. The lowest BCUT2D eigenvalue weighted by atomic mass is 10.0. The molecule has 2 atom stereocenters. The third-order valence-corrected chi connectivity index (χ3v) is 5.12. The zero-order chi connectivity index (χ0) is 14.4. The van der Waals surface area contributed by atoms with E-state index in [9.17, 15) is 4.79 Å². The Hall–Kier alpha value is -0.940. The molecule has 1 fully saturated rings. The van der Waals surface area contributed by atoms with Crippen molar-refractivity contribution < 1.29 is 4.79 Å². The fourth-order valence-electron chi connectivity index (χ4n) is 2.54. The molecule has 2 heterocycles. The summed E-state index contributed by atoms with van der Waals surface area (Å²) in [6.07, 6.45) is 8.22. The van der Waals surface area contributed by atoms with Crippen LogP contribution in [0.15, 0.2) is 6.20 Å². The fourth-order valence-corrected chi connectivity index (χ4v) is 3.40. The summed E-state index contributed by atoms with van der Waals surface area (Å²) in [6, 6.07) is 0.545. The van der Waals surface area contributed by atoms with E-state index in [1.807, 2.05) is 13.1 Å². The topological polar surface area (TPSA) is 54.0 Å². The van der Waals surface area contributed by atoms with E-state index in [0.717, 1.165) is 24.4 Å². The first-order chi connectivity index (χ1) is 9.69. The maximum atomic E-state index is 12.0. The largest absolute Gasteiger partial charge is 0.347 e. The van der Waals surface area contributed by atoms with E-state index in [-0.39, 0.29) is 11.9 Å². The van der Waals surface area contributed by atoms with E-state index < -0.39 is 0 Å². The predicted molar refractivity (Wildman–Crippen MR) is 82.9 cm³/mol. The molecule has 0 saturated carbocycles. The highest BCUT2D eigenvalue weighted by molar-refractivity contribution is 7.11. The summed E-state index contributed by atoms with van der Waals surface area (Å²) in [5, 5.41) is 7.54. The molecule has 1 aliphatic heterocycles. The number of aryl methyl sites for hydroxylation is 1. The van der Waals surface area contributed by atoms with Crippen LogP contribution in [0.25, 0.3) is 0 Å². The number of hydrogen-bond donors (Lipinski definition) is 2. The molecule has 112 valence electrons. The molecule has 1 saturated heterocycles. The first-order valence-corrected chi connectivity index (χ1v) is 8.48. The molecule has 1 aromatic rings. The van der Waals surface area contributed by atoms with Crippen molar-refractivity contribution in [3.8, 4) is 0 Å². The fraction of sp³-hybridized carbons (Fsp3) is 0.733. The summed E-state index contributed by atoms with van der Waals surface area (Å²) in [5.74, 6) is 0.137. The van der Waals surface area contributed by atoms with Crippen LogP contribution in [0.4, 0.5) is 0 Å². The van der Waals surface area contributed by atoms with Gasteiger partial charge < -0.3 is 10.6 Å². The van der Waals surface area contributed by atoms with E-state index >= 15 is 0 Å². The average molecular weight is 295 g/mol. The van der Waals surface area contributed by atoms with Crippen molar-refractivity contribution >= 4 is 17.2 Å². The Kier molecular flexibility index (Phi) is 5.98. The molecule has 0 spiro atoms. The van der Waals surface area contributed by atoms with Crippen molar-refractivity contribution in [1.82, 2.24) is 15.6 Å². The molecular weight excluding hydrogens is 270 g/mol. The minimum absolute atomic E-state index is 0.0205. The molecule has 0 aliphatic carbocycles. The van der Waals surface area contributed by atoms with E-state index in [1.54, 1.807) is 11.3 Å². The second-order valence-electron chi connectivity index (χ2n) is 5.49. The van der Waals surface area contributed by atoms with Crippen molar-refractivity contribution in [3.05, 3.63) is 16.1 Å². The number of amides is 1. The molecule has 20 heavy (non-hydrogen) atoms. The molecule has 0 radical (unpaired) electrons. The molecule has 1 amide bonds. The van der Waals surface area contributed by atoms with E-state index in [4.69, 9.17) is 0 Å². The van der Waals surface area contributed by atoms with Gasteiger partial charge in [0, 0.05) is 23.5 Å². The van der Waals surface area contributed by atoms with Crippen LogP contribution in [-0.2, 0) is 11.2 Å². The standard InChI is InChI=1S/C15H25N3OS/c1-3-13-10-17-15(20-13)11(2)18-14(19)8-7-12-6-4-5-9-16-12/h10-12,16H,3-9H2,1-2H3,(H,18,19). The predicted octanol–water partition coefficient (Wildman–Crippen LogP) is 2.81. The molecular formula is C15H25N3OS. The van der Waals surface area contributed by atoms with Gasteiger partial charge >= 0.3 is 0 Å². The van der Waals surface area contributed by atoms with Gasteiger partial charge in [-0.3, -0.25) is 4.79 Å². The number of aromatic nitrogens is 1. The number of nitrogens with one attached hydrogen (secondary N) is 2. The van der Waals surface area contributed by atoms with Gasteiger partial charge in [0.1, 0.15) is 5.01 Å². The van der Waals surface area contributed by atoms with Crippen LogP contribution in [0.2, 0.25) is 0 Å². The Morgan fingerprint density at radius 1 is 1.60 bits per heavy atom. The Morgan fingerprint density at radius 2 is 2.45 bits per heavy atom. The summed E-state index contributed by atoms with van der Waals surface area (Å²) in [5.41, 5.74) is 0. The zero-order valence-electron chi connectivity index (χ0n) is 12.4. The van der Waals surface area contributed by atoms with Gasteiger partial charge in [-0.05, 0) is 39.2 Å². The Labute approximate surface area is 125 Å². The normalized spacial score (nSPS) is 20.6. The van der Waals surface area contributed by atoms with E-state index in [2.05, 4.69) is 22.5 Å². The van der Waals surface area contributed by atoms with E-state index in [1.165, 1.54) is 24.1 Å². The van der Waals surface area contributed by atoms with Crippen molar-refractivity contribution in [2.75, 3.05) is 6.54 Å². The molecule has 0 aromatic carbocycles. The molecule has 2 rings (SSSR count). The molecule has 1 aromatic heterocycles. The van der Waals surface area contributed by atoms with Gasteiger partial charge in [0.05, 0.1) is 6.04 Å². The van der Waals surface area contributed by atoms with Crippen LogP contribution in [0, 0.1) is 0 Å². The highest BCUT2D eigenvalue weighted by Gasteiger charge is 2.16. The van der Waals surface area contributed by atoms with Crippen LogP contribution in [0.5, 0.6) is 0 Å². The van der Waals surface area contributed by atoms with Gasteiger partial charge in [0.25, 0.3) is 0 Å². The average Bonchev–Trinajstić information content (AvgIpc) is 2.95. The number of nitrogens with zero attached hydrogens (tertiary/aromatic N) is 1. The van der Waals surface area contributed by atoms with Crippen molar-refractivity contribution in [3.63, 3.8) is 0 Å². The molecule has 1 aliphatic rings. The molecule has 4 nitrogen and oxygen atoms in total. The molecule has 2 N–H and O–H groups in total. The number of rotatable bonds is 6. The minimum Gasteiger partial charge on any atom is -0.347 e. The SMILES string of the molecule is CCc1cnc(C(C)NC(=O)CCC2CCCCN2)s1. The summed E-state index contributed by atoms with van der Waals surface area (Å²) < 4.78 is 0. The van der Waals surface area contributed by atoms with Gasteiger partial charge in [-0.15, -0.1) is 11.3 Å². The Bertz CT molecular complexity index is 427. The Balaban J connectivity index is 1.72. The number of carbonyl (C=O) groups excluding carboxylic acids is 1. The quantitative estimate of drug-likeness (QED) is 0.848. The summed E-state index contributed by atoms with van der Waals surface area (Å²) >= 11 is 1.69. The number of thiazole rings is 1. The smallest absolute Gasteiger partial charge is 0.220 e. The highest BCUT2D eigenvalue weighted by Crippen LogP contribution is 2.20. The molecule has 2 unspecified atom stereocenters. The summed E-state index contributed by atoms with van der Waals surface area (Å²) in [7, 11) is 0. The lowest BCUT2D eigenvalue weighted by Gasteiger charge is -2.23. The monoisotopic (exact) mass is 295 g/mol. The van der Waals surface area contributed by atoms with Gasteiger partial charge in [0.2, 0.25) is 5.91 Å². The number of piperidine rings is 1. The first-order valence-electron chi connectivity index (χ1n) is 7.66. The molecule has 5 heteroatoms. The minimum atomic E-state index is 0.0205. The highest BCUT2D eigenvalue weighted by atomic mass is 32.1. The number of carbonyl (C=O) groups is 1. The molecule has 0 bridgehead atoms. The van der Waals surface area contributed by atoms with Crippen LogP contribution >= 0.6 is 11.3 Å². The van der Waals surface area contributed by atoms with Gasteiger partial charge in [0.15, 0.2) is 0 Å². The zero-order valence-corrected chi connectivity index (χ0v) is 13.3. The van der Waals surface area contributed by atoms with Gasteiger partial charge in [-0.2, -0.15) is 0 Å². The van der Waals surface area contributed by atoms with Crippen molar-refractivity contribution in [2.24, 2.45) is 0 Å². The van der Waals surface area contributed by atoms with Gasteiger partial charge in [-0.25, -0.2) is 4.98 Å². The number of hydrogen-bond acceptors (Lipinski definition) is 4. The maximum Gasteiger partial charge on any atom is 0.220 e. The van der Waals surface area contributed by atoms with Crippen LogP contribution in [0.1, 0.15) is 61.9 Å². The second-order valence-corrected chi connectivity index (χ2v) is 6.64. The van der Waals surface area contributed by atoms with E-state index in [0.29, 0.717) is 12.5 Å². The Morgan fingerprint density at radius 3 is 3.10 bits per heavy atom. The summed E-state index contributed by atoms with van der Waals surface area (Å²) in [6.45, 7) is 5.23. The third-order valence-electron chi connectivity index (χ3n) is 3.80. The lowest BCUT2D eigenvalue weighted by molar-refractivity contribution is -0.122. The van der Waals surface area contributed by atoms with Crippen LogP contribution in [0.3, 0.4) is 0 Å². The van der Waals surface area contributed by atoms with Gasteiger partial charge in [-0.1, -0.05) is 13.3 Å². The maximum absolute atomic E-state index is 12.0. The summed E-state index contributed by atoms with van der Waals surface area (Å²) in [4.78, 5) is 17.6. The lowest BCUT2D eigenvalue weighted by Crippen LogP contribution is -2.35. The second kappa shape index (κ2) is 7.74.